The van der Waals surface area contributed by atoms with Gasteiger partial charge < -0.3 is 14.9 Å². The zero-order chi connectivity index (χ0) is 16.4. The number of nitrogens with one attached hydrogen (secondary N) is 1. The summed E-state index contributed by atoms with van der Waals surface area (Å²) in [5, 5.41) is 16.2. The van der Waals surface area contributed by atoms with Crippen molar-refractivity contribution in [1.82, 2.24) is 10.5 Å². The van der Waals surface area contributed by atoms with Gasteiger partial charge in [0, 0.05) is 12.5 Å². The maximum absolute atomic E-state index is 12.4. The molecule has 1 saturated carbocycles. The van der Waals surface area contributed by atoms with Gasteiger partial charge in [0.05, 0.1) is 5.69 Å². The van der Waals surface area contributed by atoms with E-state index in [4.69, 9.17) is 4.52 Å². The van der Waals surface area contributed by atoms with Crippen LogP contribution in [0.2, 0.25) is 0 Å². The second-order valence-corrected chi connectivity index (χ2v) is 6.07. The summed E-state index contributed by atoms with van der Waals surface area (Å²) in [6.45, 7) is 1.58. The highest BCUT2D eigenvalue weighted by Gasteiger charge is 2.37. The number of hydrogen-bond acceptors (Lipinski definition) is 4. The Hall–Kier alpha value is -2.63. The molecular weight excluding hydrogens is 296 g/mol. The lowest BCUT2D eigenvalue weighted by molar-refractivity contribution is -0.142. The van der Waals surface area contributed by atoms with Crippen LogP contribution in [0, 0.1) is 0 Å². The number of nitrogens with zero attached hydrogens (tertiary/aromatic N) is 1. The third kappa shape index (κ3) is 2.97. The summed E-state index contributed by atoms with van der Waals surface area (Å²) >= 11 is 0. The fraction of sp³-hybridized carbons (Fsp3) is 0.353. The average Bonchev–Trinajstić information content (AvgIpc) is 3.29. The molecule has 0 spiro atoms. The number of amides is 1. The van der Waals surface area contributed by atoms with E-state index >= 15 is 0 Å². The first-order valence-corrected chi connectivity index (χ1v) is 7.54. The monoisotopic (exact) mass is 314 g/mol. The summed E-state index contributed by atoms with van der Waals surface area (Å²) in [5.74, 6) is -1.05. The van der Waals surface area contributed by atoms with Crippen LogP contribution in [0.15, 0.2) is 41.1 Å². The minimum Gasteiger partial charge on any atom is -0.481 e. The van der Waals surface area contributed by atoms with E-state index in [9.17, 15) is 14.7 Å². The lowest BCUT2D eigenvalue weighted by atomic mass is 9.82. The van der Waals surface area contributed by atoms with Crippen LogP contribution in [0.1, 0.15) is 47.3 Å². The first-order valence-electron chi connectivity index (χ1n) is 7.54. The molecule has 1 aromatic heterocycles. The molecule has 6 nitrogen and oxygen atoms in total. The smallest absolute Gasteiger partial charge is 0.315 e. The van der Waals surface area contributed by atoms with Gasteiger partial charge in [-0.05, 0) is 25.3 Å². The number of carbonyl (C=O) groups is 2. The number of rotatable bonds is 6. The van der Waals surface area contributed by atoms with Crippen LogP contribution in [-0.4, -0.2) is 28.7 Å². The summed E-state index contributed by atoms with van der Waals surface area (Å²) in [4.78, 5) is 24.1. The quantitative estimate of drug-likeness (QED) is 0.853. The Morgan fingerprint density at radius 1 is 1.35 bits per heavy atom. The highest BCUT2D eigenvalue weighted by atomic mass is 16.5. The Bertz CT molecular complexity index is 721. The van der Waals surface area contributed by atoms with Gasteiger partial charge in [-0.15, -0.1) is 0 Å². The Labute approximate surface area is 133 Å². The number of hydrogen-bond donors (Lipinski definition) is 2. The van der Waals surface area contributed by atoms with Crippen molar-refractivity contribution in [3.8, 4) is 0 Å². The summed E-state index contributed by atoms with van der Waals surface area (Å²) in [7, 11) is 0. The molecule has 1 amide bonds. The highest BCUT2D eigenvalue weighted by molar-refractivity contribution is 5.95. The van der Waals surface area contributed by atoms with Crippen molar-refractivity contribution in [3.63, 3.8) is 0 Å². The molecular formula is C17H18N2O4. The number of carboxylic acid groups (broad SMARTS) is 1. The highest BCUT2D eigenvalue weighted by Crippen LogP contribution is 2.40. The van der Waals surface area contributed by atoms with Gasteiger partial charge in [-0.1, -0.05) is 35.5 Å². The van der Waals surface area contributed by atoms with E-state index in [1.165, 1.54) is 6.26 Å². The molecule has 3 rings (SSSR count). The minimum atomic E-state index is -1.20. The summed E-state index contributed by atoms with van der Waals surface area (Å²) < 4.78 is 4.90. The summed E-state index contributed by atoms with van der Waals surface area (Å²) in [5.41, 5.74) is 0.501. The predicted molar refractivity (Wildman–Crippen MR) is 82.2 cm³/mol. The molecule has 1 fully saturated rings. The van der Waals surface area contributed by atoms with Gasteiger partial charge >= 0.3 is 5.97 Å². The Balaban J connectivity index is 1.75. The average molecular weight is 314 g/mol. The number of aliphatic carboxylic acids is 1. The summed E-state index contributed by atoms with van der Waals surface area (Å²) in [6.07, 6.45) is 3.33. The van der Waals surface area contributed by atoms with Gasteiger partial charge in [-0.25, -0.2) is 0 Å². The molecule has 2 aromatic rings. The van der Waals surface area contributed by atoms with Crippen LogP contribution in [-0.2, 0) is 10.2 Å². The van der Waals surface area contributed by atoms with E-state index < -0.39 is 11.4 Å². The molecule has 1 aliphatic rings. The first kappa shape index (κ1) is 15.3. The number of aromatic nitrogens is 1. The molecule has 0 bridgehead atoms. The molecule has 1 heterocycles. The van der Waals surface area contributed by atoms with Crippen molar-refractivity contribution in [1.29, 1.82) is 0 Å². The maximum atomic E-state index is 12.4. The van der Waals surface area contributed by atoms with Gasteiger partial charge in [-0.3, -0.25) is 9.59 Å². The molecule has 1 aromatic carbocycles. The van der Waals surface area contributed by atoms with Crippen molar-refractivity contribution in [3.05, 3.63) is 53.4 Å². The van der Waals surface area contributed by atoms with Crippen molar-refractivity contribution in [2.24, 2.45) is 0 Å². The van der Waals surface area contributed by atoms with E-state index in [-0.39, 0.29) is 18.4 Å². The van der Waals surface area contributed by atoms with E-state index in [0.29, 0.717) is 16.8 Å². The minimum absolute atomic E-state index is 0.0134. The molecule has 1 atom stereocenters. The molecule has 1 unspecified atom stereocenters. The largest absolute Gasteiger partial charge is 0.481 e. The van der Waals surface area contributed by atoms with Gasteiger partial charge in [-0.2, -0.15) is 0 Å². The second-order valence-electron chi connectivity index (χ2n) is 6.07. The topological polar surface area (TPSA) is 92.4 Å². The van der Waals surface area contributed by atoms with Gasteiger partial charge in [0.25, 0.3) is 5.91 Å². The van der Waals surface area contributed by atoms with Crippen LogP contribution in [0.4, 0.5) is 0 Å². The van der Waals surface area contributed by atoms with Crippen LogP contribution in [0.25, 0.3) is 0 Å². The van der Waals surface area contributed by atoms with E-state index in [0.717, 1.165) is 12.8 Å². The Morgan fingerprint density at radius 2 is 2.04 bits per heavy atom. The maximum Gasteiger partial charge on any atom is 0.315 e. The fourth-order valence-corrected chi connectivity index (χ4v) is 2.53. The zero-order valence-corrected chi connectivity index (χ0v) is 12.8. The standard InChI is InChI=1S/C17H18N2O4/c1-17(16(21)22,12-5-3-2-4-6-12)10-18-15(20)13-9-23-19-14(13)11-7-8-11/h2-6,9,11H,7-8,10H2,1H3,(H,18,20)(H,21,22). The molecule has 0 saturated heterocycles. The lowest BCUT2D eigenvalue weighted by Crippen LogP contribution is -2.44. The SMILES string of the molecule is CC(CNC(=O)c1conc1C1CC1)(C(=O)O)c1ccccc1. The van der Waals surface area contributed by atoms with Crippen LogP contribution >= 0.6 is 0 Å². The Morgan fingerprint density at radius 3 is 2.65 bits per heavy atom. The van der Waals surface area contributed by atoms with E-state index in [1.54, 1.807) is 31.2 Å². The van der Waals surface area contributed by atoms with Gasteiger partial charge in [0.1, 0.15) is 17.2 Å². The third-order valence-electron chi connectivity index (χ3n) is 4.29. The molecule has 2 N–H and O–H groups in total. The molecule has 0 aliphatic heterocycles. The van der Waals surface area contributed by atoms with Gasteiger partial charge in [0.15, 0.2) is 0 Å². The van der Waals surface area contributed by atoms with Crippen molar-refractivity contribution < 1.29 is 19.2 Å². The van der Waals surface area contributed by atoms with Crippen molar-refractivity contribution in [2.75, 3.05) is 6.54 Å². The van der Waals surface area contributed by atoms with E-state index in [2.05, 4.69) is 10.5 Å². The zero-order valence-electron chi connectivity index (χ0n) is 12.8. The third-order valence-corrected chi connectivity index (χ3v) is 4.29. The van der Waals surface area contributed by atoms with Crippen LogP contribution in [0.3, 0.4) is 0 Å². The Kier molecular flexibility index (Phi) is 3.90. The normalized spacial score (nSPS) is 16.6. The second kappa shape index (κ2) is 5.87. The van der Waals surface area contributed by atoms with E-state index in [1.807, 2.05) is 6.07 Å². The predicted octanol–water partition coefficient (Wildman–Crippen LogP) is 2.32. The molecule has 23 heavy (non-hydrogen) atoms. The van der Waals surface area contributed by atoms with Gasteiger partial charge in [0.2, 0.25) is 0 Å². The molecule has 6 heteroatoms. The van der Waals surface area contributed by atoms with Crippen LogP contribution in [0.5, 0.6) is 0 Å². The van der Waals surface area contributed by atoms with Crippen LogP contribution < -0.4 is 5.32 Å². The molecule has 0 radical (unpaired) electrons. The summed E-state index contributed by atoms with van der Waals surface area (Å²) in [6, 6.07) is 8.88. The lowest BCUT2D eigenvalue weighted by Gasteiger charge is -2.25. The van der Waals surface area contributed by atoms with Crippen molar-refractivity contribution in [2.45, 2.75) is 31.1 Å². The molecule has 1 aliphatic carbocycles. The first-order chi connectivity index (χ1) is 11.0. The van der Waals surface area contributed by atoms with Crippen molar-refractivity contribution >= 4 is 11.9 Å². The number of benzene rings is 1. The molecule has 120 valence electrons. The number of carboxylic acids is 1. The fourth-order valence-electron chi connectivity index (χ4n) is 2.53. The number of carbonyl (C=O) groups excluding carboxylic acids is 1.